The van der Waals surface area contributed by atoms with Gasteiger partial charge in [-0.25, -0.2) is 0 Å². The second-order valence-corrected chi connectivity index (χ2v) is 8.31. The molecule has 0 bridgehead atoms. The van der Waals surface area contributed by atoms with Gasteiger partial charge in [0, 0.05) is 16.0 Å². The van der Waals surface area contributed by atoms with Crippen LogP contribution in [0.4, 0.5) is 0 Å². The number of aliphatic imine (C=N–C) groups is 1. The predicted octanol–water partition coefficient (Wildman–Crippen LogP) is 4.03. The zero-order chi connectivity index (χ0) is 17.1. The molecule has 0 radical (unpaired) electrons. The molecule has 3 aromatic rings. The van der Waals surface area contributed by atoms with Gasteiger partial charge in [-0.2, -0.15) is 0 Å². The molecule has 2 aromatic heterocycles. The molecule has 5 rings (SSSR count). The van der Waals surface area contributed by atoms with Crippen LogP contribution in [0.25, 0.3) is 5.00 Å². The lowest BCUT2D eigenvalue weighted by molar-refractivity contribution is 0.629. The van der Waals surface area contributed by atoms with Crippen LogP contribution in [0.1, 0.15) is 45.7 Å². The van der Waals surface area contributed by atoms with Crippen LogP contribution in [0.15, 0.2) is 29.3 Å². The molecule has 1 aliphatic heterocycles. The summed E-state index contributed by atoms with van der Waals surface area (Å²) in [5, 5.41) is 9.92. The summed E-state index contributed by atoms with van der Waals surface area (Å²) >= 11 is 1.91. The highest BCUT2D eigenvalue weighted by Crippen LogP contribution is 2.42. The van der Waals surface area contributed by atoms with Gasteiger partial charge in [0.2, 0.25) is 0 Å². The van der Waals surface area contributed by atoms with Crippen LogP contribution < -0.4 is 0 Å². The number of aromatic nitrogens is 3. The first-order chi connectivity index (χ1) is 12.1. The van der Waals surface area contributed by atoms with Gasteiger partial charge >= 0.3 is 0 Å². The Labute approximate surface area is 151 Å². The summed E-state index contributed by atoms with van der Waals surface area (Å²) < 4.78 is 2.22. The predicted molar refractivity (Wildman–Crippen MR) is 101 cm³/mol. The van der Waals surface area contributed by atoms with Crippen LogP contribution in [0.2, 0.25) is 0 Å². The number of aryl methyl sites for hydroxylation is 2. The third-order valence-electron chi connectivity index (χ3n) is 5.19. The van der Waals surface area contributed by atoms with Crippen molar-refractivity contribution in [3.05, 3.63) is 63.0 Å². The Balaban J connectivity index is 1.78. The molecular weight excluding hydrogens is 328 g/mol. The lowest BCUT2D eigenvalue weighted by atomic mass is 9.97. The van der Waals surface area contributed by atoms with E-state index in [9.17, 15) is 0 Å². The number of hydrogen-bond donors (Lipinski definition) is 0. The maximum absolute atomic E-state index is 4.99. The normalized spacial score (nSPS) is 18.4. The van der Waals surface area contributed by atoms with E-state index in [0.29, 0.717) is 6.54 Å². The molecule has 0 spiro atoms. The average molecular weight is 348 g/mol. The molecule has 0 amide bonds. The molecule has 5 heteroatoms. The second kappa shape index (κ2) is 5.36. The summed E-state index contributed by atoms with van der Waals surface area (Å²) in [6, 6.07) is 8.73. The Morgan fingerprint density at radius 2 is 1.88 bits per heavy atom. The largest absolute Gasteiger partial charge is 0.276 e. The van der Waals surface area contributed by atoms with Crippen LogP contribution in [0, 0.1) is 19.8 Å². The minimum Gasteiger partial charge on any atom is -0.276 e. The molecule has 1 aromatic carbocycles. The molecule has 0 saturated carbocycles. The molecule has 4 nitrogen and oxygen atoms in total. The van der Waals surface area contributed by atoms with E-state index >= 15 is 0 Å². The molecule has 0 N–H and O–H groups in total. The minimum atomic E-state index is 0.579. The van der Waals surface area contributed by atoms with Crippen molar-refractivity contribution in [1.82, 2.24) is 14.8 Å². The van der Waals surface area contributed by atoms with E-state index in [4.69, 9.17) is 4.99 Å². The fourth-order valence-corrected chi connectivity index (χ4v) is 5.53. The van der Waals surface area contributed by atoms with E-state index in [-0.39, 0.29) is 0 Å². The zero-order valence-electron chi connectivity index (χ0n) is 14.7. The molecule has 1 unspecified atom stereocenters. The number of hydrogen-bond acceptors (Lipinski definition) is 4. The van der Waals surface area contributed by atoms with Crippen molar-refractivity contribution in [3.63, 3.8) is 0 Å². The number of thiophene rings is 1. The van der Waals surface area contributed by atoms with Crippen molar-refractivity contribution in [2.45, 2.75) is 40.2 Å². The van der Waals surface area contributed by atoms with Crippen LogP contribution in [-0.2, 0) is 19.4 Å². The molecule has 2 aliphatic rings. The van der Waals surface area contributed by atoms with E-state index in [1.807, 2.05) is 18.3 Å². The van der Waals surface area contributed by atoms with Crippen molar-refractivity contribution in [2.24, 2.45) is 10.9 Å². The summed E-state index contributed by atoms with van der Waals surface area (Å²) in [6.45, 7) is 7.08. The van der Waals surface area contributed by atoms with Crippen molar-refractivity contribution >= 4 is 17.0 Å². The van der Waals surface area contributed by atoms with E-state index in [0.717, 1.165) is 29.7 Å². The minimum absolute atomic E-state index is 0.579. The van der Waals surface area contributed by atoms with E-state index < -0.39 is 0 Å². The van der Waals surface area contributed by atoms with Crippen molar-refractivity contribution < 1.29 is 0 Å². The summed E-state index contributed by atoms with van der Waals surface area (Å²) in [4.78, 5) is 6.51. The SMILES string of the molecule is Cc1ccc(C2=NCc3nnc(C)n3-c3sc4c(c32)CC(C)C4)cc1. The highest BCUT2D eigenvalue weighted by molar-refractivity contribution is 7.15. The van der Waals surface area contributed by atoms with Gasteiger partial charge in [0.05, 0.1) is 5.71 Å². The van der Waals surface area contributed by atoms with Crippen molar-refractivity contribution in [3.8, 4) is 5.00 Å². The first-order valence-electron chi connectivity index (χ1n) is 8.79. The fraction of sp³-hybridized carbons (Fsp3) is 0.350. The number of fused-ring (bicyclic) bond motifs is 5. The molecular formula is C20H20N4S. The van der Waals surface area contributed by atoms with Gasteiger partial charge in [0.15, 0.2) is 5.82 Å². The molecule has 3 heterocycles. The topological polar surface area (TPSA) is 43.1 Å². The number of nitrogens with zero attached hydrogens (tertiary/aromatic N) is 4. The average Bonchev–Trinajstić information content (AvgIpc) is 3.19. The molecule has 0 fully saturated rings. The summed E-state index contributed by atoms with van der Waals surface area (Å²) in [6.07, 6.45) is 2.31. The maximum Gasteiger partial charge on any atom is 0.160 e. The standard InChI is InChI=1S/C20H20N4S/c1-11-4-6-14(7-5-11)19-18-15-8-12(2)9-16(15)25-20(18)24-13(3)22-23-17(24)10-21-19/h4-7,12H,8-10H2,1-3H3. The van der Waals surface area contributed by atoms with Crippen molar-refractivity contribution in [2.75, 3.05) is 0 Å². The Morgan fingerprint density at radius 1 is 1.08 bits per heavy atom. The number of benzene rings is 1. The molecule has 126 valence electrons. The third-order valence-corrected chi connectivity index (χ3v) is 6.43. The van der Waals surface area contributed by atoms with E-state index in [1.54, 1.807) is 0 Å². The third kappa shape index (κ3) is 2.22. The van der Waals surface area contributed by atoms with Gasteiger partial charge in [-0.1, -0.05) is 36.8 Å². The summed E-state index contributed by atoms with van der Waals surface area (Å²) in [5.41, 5.74) is 6.40. The van der Waals surface area contributed by atoms with E-state index in [2.05, 4.69) is 52.9 Å². The number of rotatable bonds is 1. The van der Waals surface area contributed by atoms with E-state index in [1.165, 1.54) is 38.6 Å². The van der Waals surface area contributed by atoms with Gasteiger partial charge in [0.1, 0.15) is 17.4 Å². The van der Waals surface area contributed by atoms with Gasteiger partial charge < -0.3 is 0 Å². The molecule has 1 aliphatic carbocycles. The van der Waals surface area contributed by atoms with Crippen LogP contribution in [0.5, 0.6) is 0 Å². The highest BCUT2D eigenvalue weighted by Gasteiger charge is 2.32. The first-order valence-corrected chi connectivity index (χ1v) is 9.61. The Bertz CT molecular complexity index is 1010. The first kappa shape index (κ1) is 15.0. The fourth-order valence-electron chi connectivity index (χ4n) is 3.97. The Kier molecular flexibility index (Phi) is 3.22. The Morgan fingerprint density at radius 3 is 2.68 bits per heavy atom. The quantitative estimate of drug-likeness (QED) is 0.666. The lowest BCUT2D eigenvalue weighted by Gasteiger charge is -2.11. The van der Waals surface area contributed by atoms with Gasteiger partial charge in [-0.3, -0.25) is 9.56 Å². The highest BCUT2D eigenvalue weighted by atomic mass is 32.1. The van der Waals surface area contributed by atoms with Crippen LogP contribution in [-0.4, -0.2) is 20.5 Å². The lowest BCUT2D eigenvalue weighted by Crippen LogP contribution is -2.08. The monoisotopic (exact) mass is 348 g/mol. The molecule has 0 saturated heterocycles. The van der Waals surface area contributed by atoms with Gasteiger partial charge in [0.25, 0.3) is 0 Å². The van der Waals surface area contributed by atoms with Crippen LogP contribution in [0.3, 0.4) is 0 Å². The molecule has 1 atom stereocenters. The van der Waals surface area contributed by atoms with Gasteiger partial charge in [-0.05, 0) is 38.2 Å². The summed E-state index contributed by atoms with van der Waals surface area (Å²) in [7, 11) is 0. The second-order valence-electron chi connectivity index (χ2n) is 7.23. The van der Waals surface area contributed by atoms with Crippen LogP contribution >= 0.6 is 11.3 Å². The zero-order valence-corrected chi connectivity index (χ0v) is 15.5. The Hall–Kier alpha value is -2.27. The van der Waals surface area contributed by atoms with Gasteiger partial charge in [-0.15, -0.1) is 21.5 Å². The maximum atomic E-state index is 4.99. The molecule has 25 heavy (non-hydrogen) atoms. The summed E-state index contributed by atoms with van der Waals surface area (Å²) in [5.74, 6) is 2.61. The smallest absolute Gasteiger partial charge is 0.160 e. The van der Waals surface area contributed by atoms with Crippen molar-refractivity contribution in [1.29, 1.82) is 0 Å².